The molecule has 1 unspecified atom stereocenters. The molecule has 2 amide bonds. The van der Waals surface area contributed by atoms with Gasteiger partial charge in [0.2, 0.25) is 5.91 Å². The van der Waals surface area contributed by atoms with Gasteiger partial charge in [0.1, 0.15) is 11.9 Å². The van der Waals surface area contributed by atoms with Crippen LogP contribution in [0.1, 0.15) is 30.9 Å². The van der Waals surface area contributed by atoms with Gasteiger partial charge in [-0.15, -0.1) is 10.2 Å². The highest BCUT2D eigenvalue weighted by molar-refractivity contribution is 5.87. The maximum atomic E-state index is 12.2. The molecule has 0 saturated carbocycles. The average Bonchev–Trinajstić information content (AvgIpc) is 2.71. The average molecular weight is 309 g/mol. The van der Waals surface area contributed by atoms with Gasteiger partial charge >= 0.3 is 0 Å². The van der Waals surface area contributed by atoms with Crippen LogP contribution in [0.2, 0.25) is 0 Å². The van der Waals surface area contributed by atoms with Crippen LogP contribution in [0.15, 0.2) is 0 Å². The summed E-state index contributed by atoms with van der Waals surface area (Å²) in [5, 5.41) is 10.7. The molecule has 1 atom stereocenters. The van der Waals surface area contributed by atoms with Crippen molar-refractivity contribution in [2.24, 2.45) is 7.05 Å². The summed E-state index contributed by atoms with van der Waals surface area (Å²) >= 11 is 0. The molecule has 1 saturated heterocycles. The Labute approximate surface area is 129 Å². The van der Waals surface area contributed by atoms with Gasteiger partial charge in [-0.2, -0.15) is 0 Å². The van der Waals surface area contributed by atoms with Gasteiger partial charge in [0.15, 0.2) is 5.82 Å². The van der Waals surface area contributed by atoms with Gasteiger partial charge in [-0.05, 0) is 26.2 Å². The third-order valence-electron chi connectivity index (χ3n) is 3.98. The molecular formula is C14H23N5O3. The highest BCUT2D eigenvalue weighted by atomic mass is 16.5. The Bertz CT molecular complexity index is 543. The first-order valence-corrected chi connectivity index (χ1v) is 7.46. The minimum Gasteiger partial charge on any atom is -0.372 e. The summed E-state index contributed by atoms with van der Waals surface area (Å²) in [5.74, 6) is 1.16. The number of nitrogens with zero attached hydrogens (tertiary/aromatic N) is 4. The molecule has 0 aliphatic carbocycles. The van der Waals surface area contributed by atoms with E-state index in [1.54, 1.807) is 4.90 Å². The molecule has 0 bridgehead atoms. The fourth-order valence-corrected chi connectivity index (χ4v) is 2.46. The molecule has 0 aromatic carbocycles. The second kappa shape index (κ2) is 7.35. The minimum atomic E-state index is -0.434. The second-order valence-electron chi connectivity index (χ2n) is 5.48. The SMILES string of the molecule is COC1CCCCN(CC(=O)NCc2nnc(C)n2C)C1=O. The van der Waals surface area contributed by atoms with Crippen LogP contribution in [0.25, 0.3) is 0 Å². The summed E-state index contributed by atoms with van der Waals surface area (Å²) in [6.45, 7) is 2.79. The van der Waals surface area contributed by atoms with Crippen molar-refractivity contribution >= 4 is 11.8 Å². The van der Waals surface area contributed by atoms with Crippen LogP contribution in [-0.4, -0.2) is 57.8 Å². The van der Waals surface area contributed by atoms with E-state index in [2.05, 4.69) is 15.5 Å². The van der Waals surface area contributed by atoms with Crippen molar-refractivity contribution < 1.29 is 14.3 Å². The minimum absolute atomic E-state index is 0.0511. The number of carbonyl (C=O) groups excluding carboxylic acids is 2. The van der Waals surface area contributed by atoms with E-state index in [1.165, 1.54) is 7.11 Å². The Morgan fingerprint density at radius 1 is 1.41 bits per heavy atom. The number of hydrogen-bond donors (Lipinski definition) is 1. The van der Waals surface area contributed by atoms with Crippen molar-refractivity contribution in [2.45, 2.75) is 38.8 Å². The number of aryl methyl sites for hydroxylation is 1. The fraction of sp³-hybridized carbons (Fsp3) is 0.714. The topological polar surface area (TPSA) is 89.3 Å². The molecule has 1 aromatic heterocycles. The van der Waals surface area contributed by atoms with Crippen molar-refractivity contribution in [3.8, 4) is 0 Å². The van der Waals surface area contributed by atoms with Crippen molar-refractivity contribution in [1.29, 1.82) is 0 Å². The Morgan fingerprint density at radius 3 is 2.82 bits per heavy atom. The Balaban J connectivity index is 1.88. The predicted molar refractivity (Wildman–Crippen MR) is 78.8 cm³/mol. The number of aromatic nitrogens is 3. The molecule has 2 rings (SSSR count). The zero-order valence-electron chi connectivity index (χ0n) is 13.3. The normalized spacial score (nSPS) is 19.1. The summed E-state index contributed by atoms with van der Waals surface area (Å²) < 4.78 is 7.02. The van der Waals surface area contributed by atoms with Crippen LogP contribution < -0.4 is 5.32 Å². The van der Waals surface area contributed by atoms with Crippen molar-refractivity contribution in [2.75, 3.05) is 20.2 Å². The lowest BCUT2D eigenvalue weighted by molar-refractivity contribution is -0.144. The largest absolute Gasteiger partial charge is 0.372 e. The van der Waals surface area contributed by atoms with Gasteiger partial charge in [-0.25, -0.2) is 0 Å². The van der Waals surface area contributed by atoms with E-state index in [0.717, 1.165) is 18.7 Å². The van der Waals surface area contributed by atoms with Gasteiger partial charge in [0.05, 0.1) is 13.1 Å². The number of amides is 2. The van der Waals surface area contributed by atoms with Crippen molar-refractivity contribution in [1.82, 2.24) is 25.0 Å². The summed E-state index contributed by atoms with van der Waals surface area (Å²) in [6.07, 6.45) is 2.10. The zero-order valence-corrected chi connectivity index (χ0v) is 13.3. The van der Waals surface area contributed by atoms with Gasteiger partial charge in [0, 0.05) is 20.7 Å². The fourth-order valence-electron chi connectivity index (χ4n) is 2.46. The van der Waals surface area contributed by atoms with Gasteiger partial charge in [0.25, 0.3) is 5.91 Å². The number of hydrogen-bond acceptors (Lipinski definition) is 5. The highest BCUT2D eigenvalue weighted by Crippen LogP contribution is 2.14. The molecule has 1 aliphatic heterocycles. The molecule has 1 aliphatic rings. The number of methoxy groups -OCH3 is 1. The summed E-state index contributed by atoms with van der Waals surface area (Å²) in [7, 11) is 3.38. The number of rotatable bonds is 5. The monoisotopic (exact) mass is 309 g/mol. The van der Waals surface area contributed by atoms with E-state index in [1.807, 2.05) is 18.5 Å². The molecule has 22 heavy (non-hydrogen) atoms. The molecule has 122 valence electrons. The summed E-state index contributed by atoms with van der Waals surface area (Å²) in [6, 6.07) is 0. The smallest absolute Gasteiger partial charge is 0.252 e. The van der Waals surface area contributed by atoms with Crippen LogP contribution in [0.3, 0.4) is 0 Å². The van der Waals surface area contributed by atoms with Crippen LogP contribution in [-0.2, 0) is 27.9 Å². The number of ether oxygens (including phenoxy) is 1. The molecule has 8 heteroatoms. The molecule has 0 radical (unpaired) electrons. The maximum absolute atomic E-state index is 12.2. The van der Waals surface area contributed by atoms with Crippen LogP contribution in [0, 0.1) is 6.92 Å². The molecule has 8 nitrogen and oxygen atoms in total. The van der Waals surface area contributed by atoms with Crippen molar-refractivity contribution in [3.63, 3.8) is 0 Å². The molecular weight excluding hydrogens is 286 g/mol. The maximum Gasteiger partial charge on any atom is 0.252 e. The predicted octanol–water partition coefficient (Wildman–Crippen LogP) is -0.233. The van der Waals surface area contributed by atoms with Crippen LogP contribution in [0.4, 0.5) is 0 Å². The number of likely N-dealkylation sites (tertiary alicyclic amines) is 1. The molecule has 0 spiro atoms. The van der Waals surface area contributed by atoms with Gasteiger partial charge < -0.3 is 19.5 Å². The van der Waals surface area contributed by atoms with E-state index >= 15 is 0 Å². The molecule has 1 N–H and O–H groups in total. The summed E-state index contributed by atoms with van der Waals surface area (Å²) in [4.78, 5) is 25.9. The van der Waals surface area contributed by atoms with Crippen molar-refractivity contribution in [3.05, 3.63) is 11.6 Å². The van der Waals surface area contributed by atoms with Crippen LogP contribution in [0.5, 0.6) is 0 Å². The Kier molecular flexibility index (Phi) is 5.48. The van der Waals surface area contributed by atoms with E-state index < -0.39 is 6.10 Å². The van der Waals surface area contributed by atoms with Gasteiger partial charge in [-0.1, -0.05) is 0 Å². The van der Waals surface area contributed by atoms with Gasteiger partial charge in [-0.3, -0.25) is 9.59 Å². The van der Waals surface area contributed by atoms with Crippen LogP contribution >= 0.6 is 0 Å². The van der Waals surface area contributed by atoms with E-state index in [0.29, 0.717) is 25.3 Å². The highest BCUT2D eigenvalue weighted by Gasteiger charge is 2.27. The molecule has 2 heterocycles. The zero-order chi connectivity index (χ0) is 16.1. The molecule has 1 fully saturated rings. The first-order valence-electron chi connectivity index (χ1n) is 7.46. The summed E-state index contributed by atoms with van der Waals surface area (Å²) in [5.41, 5.74) is 0. The standard InChI is InChI=1S/C14H23N5O3/c1-10-16-17-12(18(10)2)8-15-13(20)9-19-7-5-4-6-11(22-3)14(19)21/h11H,4-9H2,1-3H3,(H,15,20). The third-order valence-corrected chi connectivity index (χ3v) is 3.98. The molecule has 1 aromatic rings. The first kappa shape index (κ1) is 16.4. The Morgan fingerprint density at radius 2 is 2.18 bits per heavy atom. The lowest BCUT2D eigenvalue weighted by Gasteiger charge is -2.23. The van der Waals surface area contributed by atoms with E-state index in [-0.39, 0.29) is 18.4 Å². The number of nitrogens with one attached hydrogen (secondary N) is 1. The van der Waals surface area contributed by atoms with E-state index in [9.17, 15) is 9.59 Å². The second-order valence-corrected chi connectivity index (χ2v) is 5.48. The first-order chi connectivity index (χ1) is 10.5. The lowest BCUT2D eigenvalue weighted by atomic mass is 10.2. The third kappa shape index (κ3) is 3.82. The number of carbonyl (C=O) groups is 2. The van der Waals surface area contributed by atoms with E-state index in [4.69, 9.17) is 4.74 Å². The Hall–Kier alpha value is -1.96. The lowest BCUT2D eigenvalue weighted by Crippen LogP contribution is -2.44. The quantitative estimate of drug-likeness (QED) is 0.811.